The lowest BCUT2D eigenvalue weighted by atomic mass is 9.96. The Hall–Kier alpha value is -1.11. The lowest BCUT2D eigenvalue weighted by Gasteiger charge is -2.31. The van der Waals surface area contributed by atoms with Crippen LogP contribution in [0, 0.1) is 5.92 Å². The number of halogens is 1. The fourth-order valence-corrected chi connectivity index (χ4v) is 3.68. The third kappa shape index (κ3) is 5.69. The standard InChI is InChI=1S/C18H30N4O2.ClH/c1-13(2)10-16-11-14(6-9-24-16)20-18(23)17-5-8-22(21-17)15-4-3-7-19-12-15;/h5,8,13-16,19H,3-4,6-7,9-12H2,1-2H3,(H,20,23);1H. The third-order valence-corrected chi connectivity index (χ3v) is 4.92. The fourth-order valence-electron chi connectivity index (χ4n) is 3.68. The van der Waals surface area contributed by atoms with Gasteiger partial charge in [0.05, 0.1) is 12.1 Å². The van der Waals surface area contributed by atoms with Crippen LogP contribution in [0.3, 0.4) is 0 Å². The van der Waals surface area contributed by atoms with E-state index in [1.54, 1.807) is 0 Å². The molecule has 2 fully saturated rings. The van der Waals surface area contributed by atoms with Crippen LogP contribution in [-0.4, -0.2) is 47.5 Å². The molecule has 2 saturated heterocycles. The van der Waals surface area contributed by atoms with Crippen molar-refractivity contribution in [3.05, 3.63) is 18.0 Å². The molecule has 1 aromatic heterocycles. The largest absolute Gasteiger partial charge is 0.378 e. The maximum atomic E-state index is 12.5. The van der Waals surface area contributed by atoms with E-state index >= 15 is 0 Å². The quantitative estimate of drug-likeness (QED) is 0.835. The molecule has 0 aliphatic carbocycles. The van der Waals surface area contributed by atoms with Gasteiger partial charge in [-0.25, -0.2) is 0 Å². The maximum absolute atomic E-state index is 12.5. The van der Waals surface area contributed by atoms with Crippen molar-refractivity contribution in [1.29, 1.82) is 0 Å². The number of carbonyl (C=O) groups excluding carboxylic acids is 1. The number of carbonyl (C=O) groups is 1. The van der Waals surface area contributed by atoms with Gasteiger partial charge >= 0.3 is 0 Å². The molecule has 3 rings (SSSR count). The molecule has 0 saturated carbocycles. The molecule has 3 unspecified atom stereocenters. The van der Waals surface area contributed by atoms with Gasteiger partial charge in [-0.15, -0.1) is 12.4 Å². The molecular weight excluding hydrogens is 340 g/mol. The minimum atomic E-state index is -0.0623. The highest BCUT2D eigenvalue weighted by Gasteiger charge is 2.25. The summed E-state index contributed by atoms with van der Waals surface area (Å²) in [6.07, 6.45) is 7.30. The van der Waals surface area contributed by atoms with Crippen molar-refractivity contribution in [2.45, 2.75) is 64.1 Å². The van der Waals surface area contributed by atoms with E-state index in [0.717, 1.165) is 51.8 Å². The van der Waals surface area contributed by atoms with E-state index in [1.165, 1.54) is 0 Å². The normalized spacial score (nSPS) is 26.9. The number of amides is 1. The van der Waals surface area contributed by atoms with E-state index in [1.807, 2.05) is 16.9 Å². The first-order chi connectivity index (χ1) is 11.6. The molecular formula is C18H31ClN4O2. The van der Waals surface area contributed by atoms with Crippen molar-refractivity contribution in [3.8, 4) is 0 Å². The summed E-state index contributed by atoms with van der Waals surface area (Å²) < 4.78 is 7.75. The minimum absolute atomic E-state index is 0. The number of nitrogens with zero attached hydrogens (tertiary/aromatic N) is 2. The second-order valence-corrected chi connectivity index (χ2v) is 7.50. The smallest absolute Gasteiger partial charge is 0.271 e. The van der Waals surface area contributed by atoms with Gasteiger partial charge in [0.2, 0.25) is 0 Å². The SMILES string of the molecule is CC(C)CC1CC(NC(=O)c2ccn(C3CCCNC3)n2)CCO1.Cl. The van der Waals surface area contributed by atoms with Gasteiger partial charge in [-0.3, -0.25) is 9.48 Å². The zero-order valence-corrected chi connectivity index (χ0v) is 16.1. The van der Waals surface area contributed by atoms with Gasteiger partial charge in [0, 0.05) is 25.4 Å². The summed E-state index contributed by atoms with van der Waals surface area (Å²) in [5.41, 5.74) is 0.521. The number of nitrogens with one attached hydrogen (secondary N) is 2. The van der Waals surface area contributed by atoms with E-state index < -0.39 is 0 Å². The Morgan fingerprint density at radius 1 is 1.48 bits per heavy atom. The van der Waals surface area contributed by atoms with Crippen molar-refractivity contribution in [2.24, 2.45) is 5.92 Å². The number of rotatable bonds is 5. The summed E-state index contributed by atoms with van der Waals surface area (Å²) in [5, 5.41) is 11.0. The van der Waals surface area contributed by atoms with E-state index in [0.29, 0.717) is 17.7 Å². The predicted octanol–water partition coefficient (Wildman–Crippen LogP) is 2.55. The van der Waals surface area contributed by atoms with E-state index in [4.69, 9.17) is 4.74 Å². The van der Waals surface area contributed by atoms with Crippen molar-refractivity contribution < 1.29 is 9.53 Å². The highest BCUT2D eigenvalue weighted by molar-refractivity contribution is 5.92. The molecule has 6 nitrogen and oxygen atoms in total. The van der Waals surface area contributed by atoms with Crippen molar-refractivity contribution >= 4 is 18.3 Å². The van der Waals surface area contributed by atoms with Gasteiger partial charge < -0.3 is 15.4 Å². The zero-order chi connectivity index (χ0) is 16.9. The monoisotopic (exact) mass is 370 g/mol. The van der Waals surface area contributed by atoms with Gasteiger partial charge in [-0.05, 0) is 50.6 Å². The highest BCUT2D eigenvalue weighted by atomic mass is 35.5. The molecule has 1 aromatic rings. The Bertz CT molecular complexity index is 543. The van der Waals surface area contributed by atoms with Crippen LogP contribution in [0.15, 0.2) is 12.3 Å². The summed E-state index contributed by atoms with van der Waals surface area (Å²) in [6, 6.07) is 2.38. The Morgan fingerprint density at radius 3 is 3.04 bits per heavy atom. The van der Waals surface area contributed by atoms with Crippen LogP contribution in [0.2, 0.25) is 0 Å². The first-order valence-corrected chi connectivity index (χ1v) is 9.30. The zero-order valence-electron chi connectivity index (χ0n) is 15.2. The number of ether oxygens (including phenoxy) is 1. The van der Waals surface area contributed by atoms with Crippen molar-refractivity contribution in [2.75, 3.05) is 19.7 Å². The van der Waals surface area contributed by atoms with Gasteiger partial charge in [-0.2, -0.15) is 5.10 Å². The minimum Gasteiger partial charge on any atom is -0.378 e. The van der Waals surface area contributed by atoms with Crippen LogP contribution < -0.4 is 10.6 Å². The van der Waals surface area contributed by atoms with E-state index in [-0.39, 0.29) is 30.5 Å². The molecule has 3 atom stereocenters. The Morgan fingerprint density at radius 2 is 2.32 bits per heavy atom. The van der Waals surface area contributed by atoms with Gasteiger partial charge in [0.25, 0.3) is 5.91 Å². The lowest BCUT2D eigenvalue weighted by molar-refractivity contribution is -0.00850. The predicted molar refractivity (Wildman–Crippen MR) is 100 cm³/mol. The van der Waals surface area contributed by atoms with Crippen LogP contribution in [-0.2, 0) is 4.74 Å². The van der Waals surface area contributed by atoms with Gasteiger partial charge in [0.1, 0.15) is 5.69 Å². The average molecular weight is 371 g/mol. The second kappa shape index (κ2) is 9.55. The molecule has 142 valence electrons. The van der Waals surface area contributed by atoms with Crippen molar-refractivity contribution in [3.63, 3.8) is 0 Å². The van der Waals surface area contributed by atoms with E-state index in [2.05, 4.69) is 29.6 Å². The summed E-state index contributed by atoms with van der Waals surface area (Å²) >= 11 is 0. The Labute approximate surface area is 156 Å². The maximum Gasteiger partial charge on any atom is 0.271 e. The molecule has 3 heterocycles. The summed E-state index contributed by atoms with van der Waals surface area (Å²) in [4.78, 5) is 12.5. The van der Waals surface area contributed by atoms with Crippen LogP contribution in [0.25, 0.3) is 0 Å². The van der Waals surface area contributed by atoms with E-state index in [9.17, 15) is 4.79 Å². The molecule has 0 aromatic carbocycles. The number of aromatic nitrogens is 2. The Balaban J connectivity index is 0.00000225. The summed E-state index contributed by atoms with van der Waals surface area (Å²) in [6.45, 7) is 7.15. The van der Waals surface area contributed by atoms with Gasteiger partial charge in [-0.1, -0.05) is 13.8 Å². The topological polar surface area (TPSA) is 68.2 Å². The van der Waals surface area contributed by atoms with Crippen LogP contribution >= 0.6 is 12.4 Å². The molecule has 0 radical (unpaired) electrons. The molecule has 2 aliphatic rings. The number of piperidine rings is 1. The number of hydrogen-bond acceptors (Lipinski definition) is 4. The first-order valence-electron chi connectivity index (χ1n) is 9.30. The molecule has 7 heteroatoms. The van der Waals surface area contributed by atoms with Crippen LogP contribution in [0.5, 0.6) is 0 Å². The first kappa shape index (κ1) is 20.2. The third-order valence-electron chi connectivity index (χ3n) is 4.92. The summed E-state index contributed by atoms with van der Waals surface area (Å²) in [5.74, 6) is 0.553. The molecule has 2 N–H and O–H groups in total. The van der Waals surface area contributed by atoms with Gasteiger partial charge in [0.15, 0.2) is 0 Å². The molecule has 0 bridgehead atoms. The van der Waals surface area contributed by atoms with Crippen LogP contribution in [0.1, 0.15) is 62.5 Å². The highest BCUT2D eigenvalue weighted by Crippen LogP contribution is 2.20. The summed E-state index contributed by atoms with van der Waals surface area (Å²) in [7, 11) is 0. The second-order valence-electron chi connectivity index (χ2n) is 7.50. The lowest BCUT2D eigenvalue weighted by Crippen LogP contribution is -2.42. The molecule has 1 amide bonds. The average Bonchev–Trinajstić information content (AvgIpc) is 3.05. The fraction of sp³-hybridized carbons (Fsp3) is 0.778. The molecule has 25 heavy (non-hydrogen) atoms. The number of hydrogen-bond donors (Lipinski definition) is 2. The molecule has 2 aliphatic heterocycles. The van der Waals surface area contributed by atoms with Crippen molar-refractivity contribution in [1.82, 2.24) is 20.4 Å². The van der Waals surface area contributed by atoms with Crippen LogP contribution in [0.4, 0.5) is 0 Å². The molecule has 0 spiro atoms. The Kier molecular flexibility index (Phi) is 7.72.